The Morgan fingerprint density at radius 3 is 2.42 bits per heavy atom. The van der Waals surface area contributed by atoms with Gasteiger partial charge in [0.1, 0.15) is 0 Å². The maximum Gasteiger partial charge on any atom is 0.416 e. The quantitative estimate of drug-likeness (QED) is 0.598. The first-order valence-corrected chi connectivity index (χ1v) is 10.3. The summed E-state index contributed by atoms with van der Waals surface area (Å²) in [4.78, 5) is 41.8. The summed E-state index contributed by atoms with van der Waals surface area (Å²) >= 11 is 0. The second-order valence-corrected chi connectivity index (χ2v) is 8.22. The molecule has 2 aromatic heterocycles. The molecule has 176 valence electrons. The molecular weight excluding hydrogens is 443 g/mol. The van der Waals surface area contributed by atoms with E-state index in [0.29, 0.717) is 18.4 Å². The number of fused-ring (bicyclic) bond motifs is 1. The fourth-order valence-corrected chi connectivity index (χ4v) is 4.29. The minimum atomic E-state index is -4.48. The third-order valence-electron chi connectivity index (χ3n) is 6.13. The van der Waals surface area contributed by atoms with E-state index < -0.39 is 34.9 Å². The van der Waals surface area contributed by atoms with E-state index in [9.17, 15) is 32.7 Å². The van der Waals surface area contributed by atoms with E-state index in [1.54, 1.807) is 7.05 Å². The van der Waals surface area contributed by atoms with Crippen LogP contribution in [0.3, 0.4) is 0 Å². The first-order chi connectivity index (χ1) is 15.5. The van der Waals surface area contributed by atoms with Gasteiger partial charge in [-0.15, -0.1) is 0 Å². The molecule has 0 bridgehead atoms. The molecule has 0 saturated heterocycles. The van der Waals surface area contributed by atoms with Crippen molar-refractivity contribution in [2.45, 2.75) is 38.0 Å². The number of halogens is 3. The lowest BCUT2D eigenvalue weighted by Gasteiger charge is -2.18. The number of carbonyl (C=O) groups is 1. The Balaban J connectivity index is 1.73. The van der Waals surface area contributed by atoms with Gasteiger partial charge in [-0.1, -0.05) is 18.6 Å². The van der Waals surface area contributed by atoms with Crippen molar-refractivity contribution in [1.82, 2.24) is 18.7 Å². The lowest BCUT2D eigenvalue weighted by Crippen LogP contribution is -2.39. The number of benzene rings is 1. The fourth-order valence-electron chi connectivity index (χ4n) is 4.29. The number of nitrogens with one attached hydrogen (secondary N) is 1. The number of nitrogens with zero attached hydrogens (tertiary/aromatic N) is 4. The van der Waals surface area contributed by atoms with Gasteiger partial charge in [0.25, 0.3) is 5.56 Å². The molecular formula is C21H22F3N5O4. The summed E-state index contributed by atoms with van der Waals surface area (Å²) in [6.45, 7) is -0.211. The van der Waals surface area contributed by atoms with Gasteiger partial charge in [-0.3, -0.25) is 18.7 Å². The molecule has 1 saturated carbocycles. The van der Waals surface area contributed by atoms with Gasteiger partial charge in [0.2, 0.25) is 5.95 Å². The van der Waals surface area contributed by atoms with Crippen LogP contribution < -0.4 is 16.6 Å². The molecule has 1 aliphatic carbocycles. The number of anilines is 1. The monoisotopic (exact) mass is 465 g/mol. The topological polar surface area (TPSA) is 111 Å². The van der Waals surface area contributed by atoms with Crippen LogP contribution in [0, 0.1) is 5.92 Å². The van der Waals surface area contributed by atoms with Crippen LogP contribution in [0.25, 0.3) is 11.2 Å². The molecule has 0 radical (unpaired) electrons. The molecule has 1 aromatic carbocycles. The van der Waals surface area contributed by atoms with Crippen molar-refractivity contribution in [2.24, 2.45) is 20.0 Å². The lowest BCUT2D eigenvalue weighted by atomic mass is 10.0. The molecule has 1 aliphatic rings. The Morgan fingerprint density at radius 2 is 1.82 bits per heavy atom. The molecule has 9 nitrogen and oxygen atoms in total. The molecule has 12 heteroatoms. The van der Waals surface area contributed by atoms with Crippen LogP contribution in [-0.2, 0) is 31.6 Å². The Kier molecular flexibility index (Phi) is 5.54. The van der Waals surface area contributed by atoms with Crippen molar-refractivity contribution >= 4 is 23.1 Å². The highest BCUT2D eigenvalue weighted by Gasteiger charge is 2.34. The zero-order valence-electron chi connectivity index (χ0n) is 17.9. The zero-order valence-corrected chi connectivity index (χ0v) is 17.9. The standard InChI is InChI=1S/C21H22F3N5O4/c1-27-15-16(26-19(27)25-14-5-3-4-13(14)18(31)32)28(2)20(33)29(17(15)30)10-11-6-8-12(9-7-11)21(22,23)24/h6-9,13-14H,3-5,10H2,1-2H3,(H,25,26)(H,31,32)/t13-,14+/m0/s1. The molecule has 1 fully saturated rings. The highest BCUT2D eigenvalue weighted by molar-refractivity contribution is 5.75. The summed E-state index contributed by atoms with van der Waals surface area (Å²) < 4.78 is 42.0. The zero-order chi connectivity index (χ0) is 24.1. The minimum absolute atomic E-state index is 0.122. The summed E-state index contributed by atoms with van der Waals surface area (Å²) in [6, 6.07) is 3.89. The Hall–Kier alpha value is -3.57. The van der Waals surface area contributed by atoms with Gasteiger partial charge in [0.15, 0.2) is 11.2 Å². The van der Waals surface area contributed by atoms with Crippen LogP contribution in [0.5, 0.6) is 0 Å². The van der Waals surface area contributed by atoms with Crippen LogP contribution in [0.4, 0.5) is 19.1 Å². The predicted molar refractivity (Wildman–Crippen MR) is 113 cm³/mol. The van der Waals surface area contributed by atoms with Gasteiger partial charge in [0, 0.05) is 20.1 Å². The molecule has 3 aromatic rings. The number of alkyl halides is 3. The summed E-state index contributed by atoms with van der Waals surface area (Å²) in [5, 5.41) is 12.5. The first-order valence-electron chi connectivity index (χ1n) is 10.3. The predicted octanol–water partition coefficient (Wildman–Crippen LogP) is 2.17. The average Bonchev–Trinajstić information content (AvgIpc) is 3.34. The third-order valence-corrected chi connectivity index (χ3v) is 6.13. The molecule has 2 N–H and O–H groups in total. The van der Waals surface area contributed by atoms with E-state index in [2.05, 4.69) is 10.3 Å². The van der Waals surface area contributed by atoms with E-state index in [0.717, 1.165) is 23.1 Å². The van der Waals surface area contributed by atoms with Crippen molar-refractivity contribution in [3.8, 4) is 0 Å². The summed E-state index contributed by atoms with van der Waals surface area (Å²) in [5.41, 5.74) is -1.52. The Labute approximate surface area is 185 Å². The smallest absolute Gasteiger partial charge is 0.416 e. The van der Waals surface area contributed by atoms with Gasteiger partial charge in [-0.2, -0.15) is 18.2 Å². The van der Waals surface area contributed by atoms with Gasteiger partial charge >= 0.3 is 17.8 Å². The number of hydrogen-bond acceptors (Lipinski definition) is 5. The number of aryl methyl sites for hydroxylation is 2. The van der Waals surface area contributed by atoms with Crippen LogP contribution in [0.1, 0.15) is 30.4 Å². The molecule has 0 spiro atoms. The minimum Gasteiger partial charge on any atom is -0.481 e. The van der Waals surface area contributed by atoms with Crippen molar-refractivity contribution in [3.05, 3.63) is 56.2 Å². The molecule has 33 heavy (non-hydrogen) atoms. The van der Waals surface area contributed by atoms with Crippen molar-refractivity contribution in [3.63, 3.8) is 0 Å². The second kappa shape index (κ2) is 8.09. The van der Waals surface area contributed by atoms with Crippen molar-refractivity contribution < 1.29 is 23.1 Å². The van der Waals surface area contributed by atoms with Crippen LogP contribution in [-0.4, -0.2) is 35.8 Å². The molecule has 2 heterocycles. The van der Waals surface area contributed by atoms with Crippen molar-refractivity contribution in [1.29, 1.82) is 0 Å². The normalized spacial score (nSPS) is 18.7. The number of carboxylic acids is 1. The first kappa shape index (κ1) is 22.6. The summed E-state index contributed by atoms with van der Waals surface area (Å²) in [6.07, 6.45) is -2.56. The number of aromatic nitrogens is 4. The van der Waals surface area contributed by atoms with Crippen molar-refractivity contribution in [2.75, 3.05) is 5.32 Å². The van der Waals surface area contributed by atoms with E-state index in [1.807, 2.05) is 0 Å². The number of rotatable bonds is 5. The van der Waals surface area contributed by atoms with Gasteiger partial charge < -0.3 is 15.0 Å². The van der Waals surface area contributed by atoms with E-state index in [-0.39, 0.29) is 29.7 Å². The largest absolute Gasteiger partial charge is 0.481 e. The molecule has 0 aliphatic heterocycles. The van der Waals surface area contributed by atoms with Gasteiger partial charge in [0.05, 0.1) is 18.0 Å². The van der Waals surface area contributed by atoms with E-state index >= 15 is 0 Å². The average molecular weight is 465 g/mol. The maximum absolute atomic E-state index is 13.2. The molecule has 4 rings (SSSR count). The van der Waals surface area contributed by atoms with E-state index in [4.69, 9.17) is 0 Å². The van der Waals surface area contributed by atoms with Gasteiger partial charge in [-0.25, -0.2) is 4.79 Å². The fraction of sp³-hybridized carbons (Fsp3) is 0.429. The number of aliphatic carboxylic acids is 1. The third kappa shape index (κ3) is 4.00. The highest BCUT2D eigenvalue weighted by Crippen LogP contribution is 2.30. The highest BCUT2D eigenvalue weighted by atomic mass is 19.4. The summed E-state index contributed by atoms with van der Waals surface area (Å²) in [7, 11) is 3.02. The number of imidazole rings is 1. The van der Waals surface area contributed by atoms with E-state index in [1.165, 1.54) is 28.3 Å². The lowest BCUT2D eigenvalue weighted by molar-refractivity contribution is -0.141. The number of hydrogen-bond donors (Lipinski definition) is 2. The van der Waals surface area contributed by atoms with Crippen LogP contribution in [0.15, 0.2) is 33.9 Å². The Bertz CT molecular complexity index is 1340. The van der Waals surface area contributed by atoms with Crippen LogP contribution in [0.2, 0.25) is 0 Å². The summed E-state index contributed by atoms with van der Waals surface area (Å²) in [5.74, 6) is -1.22. The Morgan fingerprint density at radius 1 is 1.15 bits per heavy atom. The maximum atomic E-state index is 13.2. The molecule has 0 amide bonds. The number of carboxylic acid groups (broad SMARTS) is 1. The second-order valence-electron chi connectivity index (χ2n) is 8.22. The van der Waals surface area contributed by atoms with Gasteiger partial charge in [-0.05, 0) is 30.5 Å². The van der Waals surface area contributed by atoms with Crippen LogP contribution >= 0.6 is 0 Å². The molecule has 2 atom stereocenters. The SMILES string of the molecule is Cn1c(N[C@@H]2CCC[C@@H]2C(=O)O)nc2c1c(=O)n(Cc1ccc(C(F)(F)F)cc1)c(=O)n2C. The molecule has 0 unspecified atom stereocenters.